The van der Waals surface area contributed by atoms with Gasteiger partial charge in [-0.3, -0.25) is 0 Å². The summed E-state index contributed by atoms with van der Waals surface area (Å²) < 4.78 is 6.65. The zero-order chi connectivity index (χ0) is 13.2. The molecule has 0 bridgehead atoms. The van der Waals surface area contributed by atoms with Gasteiger partial charge in [-0.15, -0.1) is 0 Å². The minimum Gasteiger partial charge on any atom is -0.493 e. The highest BCUT2D eigenvalue weighted by molar-refractivity contribution is 9.10. The highest BCUT2D eigenvalue weighted by Gasteiger charge is 1.98. The predicted molar refractivity (Wildman–Crippen MR) is 82.0 cm³/mol. The van der Waals surface area contributed by atoms with E-state index in [0.29, 0.717) is 0 Å². The maximum atomic E-state index is 5.75. The average molecular weight is 314 g/mol. The van der Waals surface area contributed by atoms with E-state index in [9.17, 15) is 0 Å². The van der Waals surface area contributed by atoms with Crippen molar-refractivity contribution in [1.82, 2.24) is 0 Å². The average Bonchev–Trinajstić information content (AvgIpc) is 2.31. The number of hydrogen-bond acceptors (Lipinski definition) is 2. The van der Waals surface area contributed by atoms with E-state index in [2.05, 4.69) is 22.9 Å². The molecule has 1 aromatic carbocycles. The van der Waals surface area contributed by atoms with Gasteiger partial charge in [-0.25, -0.2) is 0 Å². The van der Waals surface area contributed by atoms with Gasteiger partial charge in [0.15, 0.2) is 0 Å². The SMILES string of the molecule is CCCCCCCCCOc1cc(N)cc(Br)c1. The molecule has 0 radical (unpaired) electrons. The van der Waals surface area contributed by atoms with Crippen LogP contribution >= 0.6 is 15.9 Å². The van der Waals surface area contributed by atoms with Crippen LogP contribution in [0, 0.1) is 0 Å². The molecule has 0 fully saturated rings. The maximum Gasteiger partial charge on any atom is 0.122 e. The molecule has 2 N–H and O–H groups in total. The fourth-order valence-electron chi connectivity index (χ4n) is 1.92. The van der Waals surface area contributed by atoms with Crippen molar-refractivity contribution in [1.29, 1.82) is 0 Å². The summed E-state index contributed by atoms with van der Waals surface area (Å²) in [6.07, 6.45) is 9.12. The van der Waals surface area contributed by atoms with Crippen molar-refractivity contribution in [3.05, 3.63) is 22.7 Å². The van der Waals surface area contributed by atoms with Crippen molar-refractivity contribution in [2.24, 2.45) is 0 Å². The van der Waals surface area contributed by atoms with Crippen LogP contribution in [0.15, 0.2) is 22.7 Å². The molecule has 0 aliphatic carbocycles. The van der Waals surface area contributed by atoms with Gasteiger partial charge in [0.1, 0.15) is 5.75 Å². The van der Waals surface area contributed by atoms with Gasteiger partial charge in [-0.05, 0) is 18.6 Å². The van der Waals surface area contributed by atoms with Gasteiger partial charge in [0.25, 0.3) is 0 Å². The fourth-order valence-corrected chi connectivity index (χ4v) is 2.41. The third-order valence-corrected chi connectivity index (χ3v) is 3.37. The smallest absolute Gasteiger partial charge is 0.122 e. The molecule has 0 aliphatic rings. The minimum absolute atomic E-state index is 0.735. The van der Waals surface area contributed by atoms with Crippen LogP contribution in [-0.2, 0) is 0 Å². The van der Waals surface area contributed by atoms with Gasteiger partial charge in [0.2, 0.25) is 0 Å². The molecule has 1 rings (SSSR count). The summed E-state index contributed by atoms with van der Waals surface area (Å²) in [6, 6.07) is 5.70. The molecule has 0 atom stereocenters. The number of hydrogen-bond donors (Lipinski definition) is 1. The molecule has 0 saturated heterocycles. The van der Waals surface area contributed by atoms with E-state index >= 15 is 0 Å². The number of nitrogen functional groups attached to an aromatic ring is 1. The number of halogens is 1. The lowest BCUT2D eigenvalue weighted by atomic mass is 10.1. The second-order valence-electron chi connectivity index (χ2n) is 4.69. The van der Waals surface area contributed by atoms with Crippen molar-refractivity contribution >= 4 is 21.6 Å². The van der Waals surface area contributed by atoms with E-state index < -0.39 is 0 Å². The summed E-state index contributed by atoms with van der Waals surface area (Å²) >= 11 is 3.41. The zero-order valence-corrected chi connectivity index (χ0v) is 12.8. The Morgan fingerprint density at radius 2 is 1.67 bits per heavy atom. The van der Waals surface area contributed by atoms with Crippen molar-refractivity contribution in [3.63, 3.8) is 0 Å². The lowest BCUT2D eigenvalue weighted by molar-refractivity contribution is 0.304. The first-order chi connectivity index (χ1) is 8.72. The molecule has 0 amide bonds. The Balaban J connectivity index is 2.07. The van der Waals surface area contributed by atoms with E-state index in [4.69, 9.17) is 10.5 Å². The number of benzene rings is 1. The third kappa shape index (κ3) is 6.90. The summed E-state index contributed by atoms with van der Waals surface area (Å²) in [5.41, 5.74) is 6.48. The molecule has 0 heterocycles. The summed E-state index contributed by atoms with van der Waals surface area (Å²) in [5.74, 6) is 0.854. The van der Waals surface area contributed by atoms with Gasteiger partial charge in [-0.2, -0.15) is 0 Å². The summed E-state index contributed by atoms with van der Waals surface area (Å²) in [4.78, 5) is 0. The highest BCUT2D eigenvalue weighted by Crippen LogP contribution is 2.23. The molecule has 102 valence electrons. The van der Waals surface area contributed by atoms with Crippen molar-refractivity contribution < 1.29 is 4.74 Å². The van der Waals surface area contributed by atoms with Crippen LogP contribution in [0.2, 0.25) is 0 Å². The van der Waals surface area contributed by atoms with Crippen molar-refractivity contribution in [3.8, 4) is 5.75 Å². The molecule has 18 heavy (non-hydrogen) atoms. The zero-order valence-electron chi connectivity index (χ0n) is 11.3. The lowest BCUT2D eigenvalue weighted by Gasteiger charge is -2.07. The van der Waals surface area contributed by atoms with Crippen LogP contribution in [0.25, 0.3) is 0 Å². The molecule has 2 nitrogen and oxygen atoms in total. The minimum atomic E-state index is 0.735. The Morgan fingerprint density at radius 1 is 1.00 bits per heavy atom. The predicted octanol–water partition coefficient (Wildman–Crippen LogP) is 5.16. The van der Waals surface area contributed by atoms with E-state index in [1.165, 1.54) is 38.5 Å². The lowest BCUT2D eigenvalue weighted by Crippen LogP contribution is -1.98. The fraction of sp³-hybridized carbons (Fsp3) is 0.600. The third-order valence-electron chi connectivity index (χ3n) is 2.91. The van der Waals surface area contributed by atoms with Gasteiger partial charge in [0, 0.05) is 16.2 Å². The molecule has 0 aromatic heterocycles. The second kappa shape index (κ2) is 9.26. The summed E-state index contributed by atoms with van der Waals surface area (Å²) in [6.45, 7) is 3.03. The number of nitrogens with two attached hydrogens (primary N) is 1. The maximum absolute atomic E-state index is 5.75. The largest absolute Gasteiger partial charge is 0.493 e. The normalized spacial score (nSPS) is 10.6. The van der Waals surface area contributed by atoms with Gasteiger partial charge >= 0.3 is 0 Å². The van der Waals surface area contributed by atoms with E-state index in [0.717, 1.165) is 28.9 Å². The van der Waals surface area contributed by atoms with Gasteiger partial charge in [0.05, 0.1) is 6.61 Å². The number of anilines is 1. The number of unbranched alkanes of at least 4 members (excludes halogenated alkanes) is 6. The molecule has 0 aliphatic heterocycles. The van der Waals surface area contributed by atoms with Crippen LogP contribution in [0.4, 0.5) is 5.69 Å². The van der Waals surface area contributed by atoms with E-state index in [1.54, 1.807) is 0 Å². The van der Waals surface area contributed by atoms with Crippen molar-refractivity contribution in [2.75, 3.05) is 12.3 Å². The Kier molecular flexibility index (Phi) is 7.90. The van der Waals surface area contributed by atoms with Crippen LogP contribution in [0.5, 0.6) is 5.75 Å². The molecule has 3 heteroatoms. The Labute approximate surface area is 119 Å². The Morgan fingerprint density at radius 3 is 2.33 bits per heavy atom. The molecule has 0 spiro atoms. The summed E-state index contributed by atoms with van der Waals surface area (Å²) in [7, 11) is 0. The Hall–Kier alpha value is -0.700. The number of rotatable bonds is 9. The van der Waals surface area contributed by atoms with Gasteiger partial charge in [-0.1, -0.05) is 61.4 Å². The first-order valence-electron chi connectivity index (χ1n) is 6.91. The van der Waals surface area contributed by atoms with Crippen LogP contribution < -0.4 is 10.5 Å². The number of ether oxygens (including phenoxy) is 1. The second-order valence-corrected chi connectivity index (χ2v) is 5.61. The van der Waals surface area contributed by atoms with Crippen LogP contribution in [0.3, 0.4) is 0 Å². The molecular formula is C15H24BrNO. The van der Waals surface area contributed by atoms with E-state index in [1.807, 2.05) is 18.2 Å². The monoisotopic (exact) mass is 313 g/mol. The Bertz CT molecular complexity index is 321. The molecule has 0 unspecified atom stereocenters. The van der Waals surface area contributed by atoms with Crippen molar-refractivity contribution in [2.45, 2.75) is 51.9 Å². The first kappa shape index (κ1) is 15.4. The molecular weight excluding hydrogens is 290 g/mol. The van der Waals surface area contributed by atoms with Gasteiger partial charge < -0.3 is 10.5 Å². The molecule has 1 aromatic rings. The highest BCUT2D eigenvalue weighted by atomic mass is 79.9. The standard InChI is InChI=1S/C15H24BrNO/c1-2-3-4-5-6-7-8-9-18-15-11-13(16)10-14(17)12-15/h10-12H,2-9,17H2,1H3. The quantitative estimate of drug-likeness (QED) is 0.504. The molecule has 0 saturated carbocycles. The first-order valence-corrected chi connectivity index (χ1v) is 7.70. The van der Waals surface area contributed by atoms with E-state index in [-0.39, 0.29) is 0 Å². The summed E-state index contributed by atoms with van der Waals surface area (Å²) in [5, 5.41) is 0. The topological polar surface area (TPSA) is 35.2 Å². The van der Waals surface area contributed by atoms with Crippen LogP contribution in [0.1, 0.15) is 51.9 Å². The van der Waals surface area contributed by atoms with Crippen LogP contribution in [-0.4, -0.2) is 6.61 Å².